The summed E-state index contributed by atoms with van der Waals surface area (Å²) in [5.74, 6) is 1.14. The fourth-order valence-corrected chi connectivity index (χ4v) is 3.69. The zero-order valence-corrected chi connectivity index (χ0v) is 10.5. The first-order chi connectivity index (χ1) is 7.66. The Balaban J connectivity index is 1.62. The van der Waals surface area contributed by atoms with Crippen LogP contribution in [0.4, 0.5) is 0 Å². The summed E-state index contributed by atoms with van der Waals surface area (Å²) in [5.41, 5.74) is 0. The number of rotatable bonds is 6. The maximum Gasteiger partial charge on any atom is 0.151 e. The molecule has 1 saturated heterocycles. The third-order valence-corrected chi connectivity index (χ3v) is 5.00. The van der Waals surface area contributed by atoms with E-state index in [1.165, 1.54) is 0 Å². The van der Waals surface area contributed by atoms with Crippen molar-refractivity contribution in [1.29, 1.82) is 0 Å². The minimum atomic E-state index is -2.82. The Morgan fingerprint density at radius 3 is 2.69 bits per heavy atom. The molecule has 2 rings (SSSR count). The normalized spacial score (nSPS) is 26.9. The van der Waals surface area contributed by atoms with Gasteiger partial charge in [-0.2, -0.15) is 0 Å². The third kappa shape index (κ3) is 4.39. The number of sulfone groups is 1. The molecule has 1 saturated carbocycles. The quantitative estimate of drug-likeness (QED) is 0.746. The number of hydrogen-bond donors (Lipinski definition) is 1. The van der Waals surface area contributed by atoms with Crippen LogP contribution in [0.2, 0.25) is 0 Å². The zero-order valence-electron chi connectivity index (χ0n) is 9.65. The Labute approximate surface area is 97.7 Å². The molecule has 16 heavy (non-hydrogen) atoms. The average Bonchev–Trinajstić information content (AvgIpc) is 3.02. The maximum atomic E-state index is 11.7. The van der Waals surface area contributed by atoms with Crippen molar-refractivity contribution in [3.63, 3.8) is 0 Å². The Bertz CT molecular complexity index is 305. The Hall–Kier alpha value is -0.130. The molecule has 94 valence electrons. The predicted molar refractivity (Wildman–Crippen MR) is 63.2 cm³/mol. The molecule has 1 N–H and O–H groups in total. The van der Waals surface area contributed by atoms with E-state index in [9.17, 15) is 8.42 Å². The minimum Gasteiger partial charge on any atom is -0.380 e. The molecule has 0 amide bonds. The van der Waals surface area contributed by atoms with Crippen LogP contribution in [-0.4, -0.2) is 45.7 Å². The fourth-order valence-electron chi connectivity index (χ4n) is 2.05. The molecule has 1 aliphatic carbocycles. The van der Waals surface area contributed by atoms with Crippen molar-refractivity contribution in [2.75, 3.05) is 31.3 Å². The molecule has 2 aliphatic rings. The first kappa shape index (κ1) is 12.3. The van der Waals surface area contributed by atoms with E-state index < -0.39 is 9.84 Å². The van der Waals surface area contributed by atoms with E-state index in [-0.39, 0.29) is 5.75 Å². The summed E-state index contributed by atoms with van der Waals surface area (Å²) in [6.07, 6.45) is 4.38. The van der Waals surface area contributed by atoms with Gasteiger partial charge in [-0.3, -0.25) is 0 Å². The van der Waals surface area contributed by atoms with Crippen molar-refractivity contribution >= 4 is 9.84 Å². The van der Waals surface area contributed by atoms with E-state index in [1.54, 1.807) is 0 Å². The molecule has 1 heterocycles. The van der Waals surface area contributed by atoms with Crippen LogP contribution in [0.1, 0.15) is 25.7 Å². The molecule has 1 unspecified atom stereocenters. The van der Waals surface area contributed by atoms with Crippen LogP contribution in [0.5, 0.6) is 0 Å². The summed E-state index contributed by atoms with van der Waals surface area (Å²) in [5, 5.41) is 3.27. The van der Waals surface area contributed by atoms with Gasteiger partial charge >= 0.3 is 0 Å². The molecule has 0 aromatic rings. The van der Waals surface area contributed by atoms with Gasteiger partial charge in [-0.1, -0.05) is 0 Å². The lowest BCUT2D eigenvalue weighted by molar-refractivity contribution is 0.0712. The summed E-state index contributed by atoms with van der Waals surface area (Å²) >= 11 is 0. The molecule has 0 spiro atoms. The highest BCUT2D eigenvalue weighted by Crippen LogP contribution is 2.30. The lowest BCUT2D eigenvalue weighted by atomic mass is 10.1. The van der Waals surface area contributed by atoms with E-state index >= 15 is 0 Å². The molecule has 0 bridgehead atoms. The lowest BCUT2D eigenvalue weighted by Crippen LogP contribution is -2.39. The lowest BCUT2D eigenvalue weighted by Gasteiger charge is -2.23. The Morgan fingerprint density at radius 1 is 1.25 bits per heavy atom. The second-order valence-electron chi connectivity index (χ2n) is 4.93. The molecule has 0 aromatic heterocycles. The second kappa shape index (κ2) is 5.47. The Kier molecular flexibility index (Phi) is 4.21. The van der Waals surface area contributed by atoms with Gasteiger partial charge in [-0.25, -0.2) is 8.42 Å². The van der Waals surface area contributed by atoms with Gasteiger partial charge in [-0.05, 0) is 31.6 Å². The second-order valence-corrected chi connectivity index (χ2v) is 7.15. The zero-order chi connectivity index (χ0) is 11.4. The first-order valence-corrected chi connectivity index (χ1v) is 7.99. The molecular weight excluding hydrogens is 226 g/mol. The van der Waals surface area contributed by atoms with Crippen molar-refractivity contribution < 1.29 is 13.2 Å². The van der Waals surface area contributed by atoms with Crippen molar-refractivity contribution in [2.45, 2.75) is 31.7 Å². The summed E-state index contributed by atoms with van der Waals surface area (Å²) in [4.78, 5) is 0. The van der Waals surface area contributed by atoms with E-state index in [0.29, 0.717) is 24.3 Å². The number of ether oxygens (including phenoxy) is 1. The molecule has 1 aliphatic heterocycles. The average molecular weight is 247 g/mol. The molecule has 2 fully saturated rings. The largest absolute Gasteiger partial charge is 0.380 e. The number of nitrogens with one attached hydrogen (secondary N) is 1. The van der Waals surface area contributed by atoms with Gasteiger partial charge in [-0.15, -0.1) is 0 Å². The van der Waals surface area contributed by atoms with Crippen molar-refractivity contribution in [3.8, 4) is 0 Å². The van der Waals surface area contributed by atoms with Gasteiger partial charge in [0.25, 0.3) is 0 Å². The van der Waals surface area contributed by atoms with Gasteiger partial charge in [0.1, 0.15) is 0 Å². The highest BCUT2D eigenvalue weighted by atomic mass is 32.2. The Morgan fingerprint density at radius 2 is 2.06 bits per heavy atom. The maximum absolute atomic E-state index is 11.7. The van der Waals surface area contributed by atoms with Crippen LogP contribution in [0.15, 0.2) is 0 Å². The van der Waals surface area contributed by atoms with Crippen LogP contribution in [0.3, 0.4) is 0 Å². The molecular formula is C11H21NO3S. The van der Waals surface area contributed by atoms with Crippen molar-refractivity contribution in [1.82, 2.24) is 5.32 Å². The monoisotopic (exact) mass is 247 g/mol. The molecule has 4 nitrogen and oxygen atoms in total. The predicted octanol–water partition coefficient (Wildman–Crippen LogP) is 0.580. The fraction of sp³-hybridized carbons (Fsp3) is 1.00. The highest BCUT2D eigenvalue weighted by Gasteiger charge is 2.27. The SMILES string of the molecule is O=S(=O)(CCNC1CCCOC1)CC1CC1. The smallest absolute Gasteiger partial charge is 0.151 e. The molecule has 1 atom stereocenters. The van der Waals surface area contributed by atoms with E-state index in [0.717, 1.165) is 38.9 Å². The van der Waals surface area contributed by atoms with Crippen LogP contribution < -0.4 is 5.32 Å². The van der Waals surface area contributed by atoms with Crippen LogP contribution in [0.25, 0.3) is 0 Å². The van der Waals surface area contributed by atoms with Gasteiger partial charge < -0.3 is 10.1 Å². The summed E-state index contributed by atoms with van der Waals surface area (Å²) in [6, 6.07) is 0.352. The van der Waals surface area contributed by atoms with Crippen LogP contribution in [0, 0.1) is 5.92 Å². The summed E-state index contributed by atoms with van der Waals surface area (Å²) < 4.78 is 28.6. The third-order valence-electron chi connectivity index (χ3n) is 3.19. The van der Waals surface area contributed by atoms with E-state index in [1.807, 2.05) is 0 Å². The summed E-state index contributed by atoms with van der Waals surface area (Å²) in [7, 11) is -2.82. The van der Waals surface area contributed by atoms with Gasteiger partial charge in [0, 0.05) is 19.2 Å². The standard InChI is InChI=1S/C11H21NO3S/c13-16(14,9-10-3-4-10)7-5-12-11-2-1-6-15-8-11/h10-12H,1-9H2. The van der Waals surface area contributed by atoms with Crippen molar-refractivity contribution in [2.24, 2.45) is 5.92 Å². The van der Waals surface area contributed by atoms with Crippen LogP contribution in [-0.2, 0) is 14.6 Å². The number of hydrogen-bond acceptors (Lipinski definition) is 4. The molecule has 0 radical (unpaired) electrons. The van der Waals surface area contributed by atoms with Crippen molar-refractivity contribution in [3.05, 3.63) is 0 Å². The molecule has 0 aromatic carbocycles. The van der Waals surface area contributed by atoms with Gasteiger partial charge in [0.05, 0.1) is 18.1 Å². The first-order valence-electron chi connectivity index (χ1n) is 6.17. The van der Waals surface area contributed by atoms with E-state index in [4.69, 9.17) is 4.74 Å². The van der Waals surface area contributed by atoms with Crippen LogP contribution >= 0.6 is 0 Å². The summed E-state index contributed by atoms with van der Waals surface area (Å²) in [6.45, 7) is 2.14. The van der Waals surface area contributed by atoms with Gasteiger partial charge in [0.15, 0.2) is 9.84 Å². The van der Waals surface area contributed by atoms with E-state index in [2.05, 4.69) is 5.32 Å². The molecule has 5 heteroatoms. The van der Waals surface area contributed by atoms with Gasteiger partial charge in [0.2, 0.25) is 0 Å². The topological polar surface area (TPSA) is 55.4 Å². The highest BCUT2D eigenvalue weighted by molar-refractivity contribution is 7.91. The minimum absolute atomic E-state index is 0.278.